The minimum Gasteiger partial charge on any atom is -0.339 e. The van der Waals surface area contributed by atoms with Crippen molar-refractivity contribution >= 4 is 17.2 Å². The molecule has 6 heteroatoms. The second-order valence-electron chi connectivity index (χ2n) is 6.23. The van der Waals surface area contributed by atoms with Crippen LogP contribution in [0.2, 0.25) is 0 Å². The number of aromatic nitrogens is 3. The van der Waals surface area contributed by atoms with Crippen molar-refractivity contribution in [1.29, 1.82) is 0 Å². The highest BCUT2D eigenvalue weighted by molar-refractivity contribution is 7.09. The average molecular weight is 332 g/mol. The molecule has 124 valence electrons. The van der Waals surface area contributed by atoms with Crippen LogP contribution in [-0.4, -0.2) is 37.9 Å². The topological polar surface area (TPSA) is 51.0 Å². The van der Waals surface area contributed by atoms with E-state index in [9.17, 15) is 4.79 Å². The van der Waals surface area contributed by atoms with Crippen molar-refractivity contribution in [1.82, 2.24) is 19.4 Å². The summed E-state index contributed by atoms with van der Waals surface area (Å²) < 4.78 is 2.17. The van der Waals surface area contributed by atoms with Crippen LogP contribution >= 0.6 is 11.3 Å². The summed E-state index contributed by atoms with van der Waals surface area (Å²) in [4.78, 5) is 23.5. The van der Waals surface area contributed by atoms with Gasteiger partial charge in [-0.15, -0.1) is 11.3 Å². The number of hydrogen-bond acceptors (Lipinski definition) is 4. The third kappa shape index (κ3) is 3.99. The smallest absolute Gasteiger partial charge is 0.228 e. The summed E-state index contributed by atoms with van der Waals surface area (Å²) in [5.74, 6) is 1.26. The van der Waals surface area contributed by atoms with E-state index < -0.39 is 0 Å². The maximum atomic E-state index is 12.7. The summed E-state index contributed by atoms with van der Waals surface area (Å²) >= 11 is 1.61. The lowest BCUT2D eigenvalue weighted by atomic mass is 9.98. The van der Waals surface area contributed by atoms with Crippen LogP contribution in [0.5, 0.6) is 0 Å². The van der Waals surface area contributed by atoms with E-state index in [1.807, 2.05) is 31.6 Å². The predicted octanol–water partition coefficient (Wildman–Crippen LogP) is 2.97. The highest BCUT2D eigenvalue weighted by atomic mass is 32.1. The van der Waals surface area contributed by atoms with E-state index in [4.69, 9.17) is 0 Å². The van der Waals surface area contributed by atoms with Gasteiger partial charge >= 0.3 is 0 Å². The molecular formula is C17H24N4OS. The van der Waals surface area contributed by atoms with Crippen LogP contribution in [0.1, 0.15) is 42.2 Å². The van der Waals surface area contributed by atoms with Crippen LogP contribution in [0.4, 0.5) is 0 Å². The Labute approximate surface area is 141 Å². The molecule has 3 rings (SSSR count). The zero-order chi connectivity index (χ0) is 16.2. The van der Waals surface area contributed by atoms with E-state index in [1.54, 1.807) is 11.3 Å². The van der Waals surface area contributed by atoms with Crippen molar-refractivity contribution in [3.05, 3.63) is 34.3 Å². The molecule has 1 saturated heterocycles. The number of carbonyl (C=O) groups is 1. The molecule has 0 bridgehead atoms. The Hall–Kier alpha value is -1.69. The van der Waals surface area contributed by atoms with Gasteiger partial charge in [-0.3, -0.25) is 4.79 Å². The second kappa shape index (κ2) is 7.25. The maximum absolute atomic E-state index is 12.7. The van der Waals surface area contributed by atoms with Gasteiger partial charge < -0.3 is 9.47 Å². The van der Waals surface area contributed by atoms with Crippen LogP contribution < -0.4 is 0 Å². The quantitative estimate of drug-likeness (QED) is 0.846. The minimum absolute atomic E-state index is 0.224. The molecule has 2 aromatic rings. The SMILES string of the molecule is Cc1nc(CC(=O)N2CCCC[C@@H]2CCn2ccnc2C)cs1. The van der Waals surface area contributed by atoms with Gasteiger partial charge in [-0.25, -0.2) is 9.97 Å². The van der Waals surface area contributed by atoms with Gasteiger partial charge in [0, 0.05) is 36.9 Å². The van der Waals surface area contributed by atoms with Crippen LogP contribution in [0.25, 0.3) is 0 Å². The lowest BCUT2D eigenvalue weighted by Crippen LogP contribution is -2.45. The molecule has 1 aliphatic rings. The fraction of sp³-hybridized carbons (Fsp3) is 0.588. The minimum atomic E-state index is 0.224. The second-order valence-corrected chi connectivity index (χ2v) is 7.29. The van der Waals surface area contributed by atoms with Crippen molar-refractivity contribution in [2.45, 2.75) is 58.5 Å². The van der Waals surface area contributed by atoms with Crippen molar-refractivity contribution in [3.8, 4) is 0 Å². The van der Waals surface area contributed by atoms with Crippen LogP contribution in [0.15, 0.2) is 17.8 Å². The Kier molecular flexibility index (Phi) is 5.10. The van der Waals surface area contributed by atoms with Crippen molar-refractivity contribution in [2.75, 3.05) is 6.54 Å². The fourth-order valence-electron chi connectivity index (χ4n) is 3.30. The van der Waals surface area contributed by atoms with Crippen molar-refractivity contribution in [3.63, 3.8) is 0 Å². The standard InChI is InChI=1S/C17H24N4OS/c1-13-18-7-10-20(13)9-6-16-5-3-4-8-21(16)17(22)11-15-12-23-14(2)19-15/h7,10,12,16H,3-6,8-9,11H2,1-2H3/t16-/m1/s1. The molecular weight excluding hydrogens is 308 g/mol. The summed E-state index contributed by atoms with van der Waals surface area (Å²) in [5.41, 5.74) is 0.910. The molecule has 0 N–H and O–H groups in total. The van der Waals surface area contributed by atoms with E-state index in [2.05, 4.69) is 19.4 Å². The Balaban J connectivity index is 1.61. The number of amides is 1. The summed E-state index contributed by atoms with van der Waals surface area (Å²) in [7, 11) is 0. The fourth-order valence-corrected chi connectivity index (χ4v) is 3.92. The largest absolute Gasteiger partial charge is 0.339 e. The van der Waals surface area contributed by atoms with Gasteiger partial charge in [0.15, 0.2) is 0 Å². The van der Waals surface area contributed by atoms with E-state index in [0.717, 1.165) is 48.9 Å². The number of hydrogen-bond donors (Lipinski definition) is 0. The summed E-state index contributed by atoms with van der Waals surface area (Å²) in [6.07, 6.45) is 8.72. The summed E-state index contributed by atoms with van der Waals surface area (Å²) in [5, 5.41) is 3.03. The lowest BCUT2D eigenvalue weighted by molar-refractivity contribution is -0.134. The highest BCUT2D eigenvalue weighted by Gasteiger charge is 2.26. The molecule has 1 amide bonds. The van der Waals surface area contributed by atoms with Crippen LogP contribution in [-0.2, 0) is 17.8 Å². The molecule has 1 aliphatic heterocycles. The zero-order valence-corrected chi connectivity index (χ0v) is 14.7. The number of thiazole rings is 1. The molecule has 0 unspecified atom stereocenters. The van der Waals surface area contributed by atoms with Gasteiger partial charge in [0.25, 0.3) is 0 Å². The first-order valence-corrected chi connectivity index (χ1v) is 9.19. The maximum Gasteiger partial charge on any atom is 0.228 e. The first-order chi connectivity index (χ1) is 11.1. The first kappa shape index (κ1) is 16.2. The number of rotatable bonds is 5. The predicted molar refractivity (Wildman–Crippen MR) is 91.5 cm³/mol. The Morgan fingerprint density at radius 2 is 2.26 bits per heavy atom. The molecule has 23 heavy (non-hydrogen) atoms. The number of aryl methyl sites for hydroxylation is 3. The zero-order valence-electron chi connectivity index (χ0n) is 13.9. The van der Waals surface area contributed by atoms with Gasteiger partial charge in [-0.05, 0) is 39.5 Å². The van der Waals surface area contributed by atoms with E-state index in [1.165, 1.54) is 6.42 Å². The average Bonchev–Trinajstić information content (AvgIpc) is 3.14. The van der Waals surface area contributed by atoms with Gasteiger partial charge in [-0.2, -0.15) is 0 Å². The molecule has 2 aromatic heterocycles. The number of imidazole rings is 1. The normalized spacial score (nSPS) is 18.3. The van der Waals surface area contributed by atoms with Crippen molar-refractivity contribution in [2.24, 2.45) is 0 Å². The lowest BCUT2D eigenvalue weighted by Gasteiger charge is -2.36. The highest BCUT2D eigenvalue weighted by Crippen LogP contribution is 2.22. The Morgan fingerprint density at radius 3 is 2.96 bits per heavy atom. The number of likely N-dealkylation sites (tertiary alicyclic amines) is 1. The van der Waals surface area contributed by atoms with Gasteiger partial charge in [0.2, 0.25) is 5.91 Å². The summed E-state index contributed by atoms with van der Waals surface area (Å²) in [6, 6.07) is 0.345. The molecule has 0 radical (unpaired) electrons. The van der Waals surface area contributed by atoms with Gasteiger partial charge in [0.05, 0.1) is 17.1 Å². The molecule has 0 aliphatic carbocycles. The van der Waals surface area contributed by atoms with Gasteiger partial charge in [0.1, 0.15) is 5.82 Å². The van der Waals surface area contributed by atoms with E-state index in [0.29, 0.717) is 12.5 Å². The third-order valence-electron chi connectivity index (χ3n) is 4.57. The number of nitrogens with zero attached hydrogens (tertiary/aromatic N) is 4. The molecule has 5 nitrogen and oxygen atoms in total. The molecule has 3 heterocycles. The Bertz CT molecular complexity index is 663. The Morgan fingerprint density at radius 1 is 1.39 bits per heavy atom. The number of piperidine rings is 1. The molecule has 0 spiro atoms. The third-order valence-corrected chi connectivity index (χ3v) is 5.40. The van der Waals surface area contributed by atoms with E-state index >= 15 is 0 Å². The monoisotopic (exact) mass is 332 g/mol. The van der Waals surface area contributed by atoms with Gasteiger partial charge in [-0.1, -0.05) is 0 Å². The molecule has 1 atom stereocenters. The molecule has 0 saturated carbocycles. The van der Waals surface area contributed by atoms with Crippen molar-refractivity contribution < 1.29 is 4.79 Å². The van der Waals surface area contributed by atoms with Crippen LogP contribution in [0, 0.1) is 13.8 Å². The molecule has 0 aromatic carbocycles. The summed E-state index contributed by atoms with van der Waals surface area (Å²) in [6.45, 7) is 5.82. The van der Waals surface area contributed by atoms with E-state index in [-0.39, 0.29) is 5.91 Å². The number of carbonyl (C=O) groups excluding carboxylic acids is 1. The first-order valence-electron chi connectivity index (χ1n) is 8.31. The molecule has 1 fully saturated rings. The van der Waals surface area contributed by atoms with Crippen LogP contribution in [0.3, 0.4) is 0 Å².